The van der Waals surface area contributed by atoms with Crippen molar-refractivity contribution in [2.45, 2.75) is 25.0 Å². The fraction of sp³-hybridized carbons (Fsp3) is 0.357. The van der Waals surface area contributed by atoms with Crippen molar-refractivity contribution in [2.24, 2.45) is 5.92 Å². The Morgan fingerprint density at radius 2 is 2.12 bits per heavy atom. The molecule has 4 rings (SSSR count). The van der Waals surface area contributed by atoms with Crippen molar-refractivity contribution >= 4 is 0 Å². The van der Waals surface area contributed by atoms with Crippen LogP contribution in [0.3, 0.4) is 0 Å². The van der Waals surface area contributed by atoms with Crippen molar-refractivity contribution in [3.8, 4) is 11.3 Å². The standard InChI is InChI=1S/C14H14N2O/c17-13-6-5-11(13)14-10-4-2-1-3-9(10)12-7-15-8-16(12)14/h1-4,7-8,11,13-14,17H,5-6H2/t11-,13-,14-/m0/s1. The first-order valence-corrected chi connectivity index (χ1v) is 6.15. The Kier molecular flexibility index (Phi) is 1.77. The number of rotatable bonds is 1. The first-order chi connectivity index (χ1) is 8.36. The summed E-state index contributed by atoms with van der Waals surface area (Å²) >= 11 is 0. The van der Waals surface area contributed by atoms with Crippen LogP contribution in [0.2, 0.25) is 0 Å². The van der Waals surface area contributed by atoms with Gasteiger partial charge in [-0.3, -0.25) is 0 Å². The summed E-state index contributed by atoms with van der Waals surface area (Å²) in [7, 11) is 0. The molecule has 1 aliphatic carbocycles. The molecule has 3 heteroatoms. The Morgan fingerprint density at radius 3 is 2.88 bits per heavy atom. The number of imidazole rings is 1. The Labute approximate surface area is 99.7 Å². The Bertz CT molecular complexity index is 575. The van der Waals surface area contributed by atoms with Gasteiger partial charge in [0.1, 0.15) is 0 Å². The number of fused-ring (bicyclic) bond motifs is 3. The van der Waals surface area contributed by atoms with E-state index in [-0.39, 0.29) is 12.1 Å². The largest absolute Gasteiger partial charge is 0.393 e. The van der Waals surface area contributed by atoms with E-state index in [0.29, 0.717) is 5.92 Å². The maximum absolute atomic E-state index is 9.92. The number of benzene rings is 1. The molecule has 1 aliphatic heterocycles. The summed E-state index contributed by atoms with van der Waals surface area (Å²) in [5.74, 6) is 0.353. The van der Waals surface area contributed by atoms with Gasteiger partial charge in [-0.05, 0) is 18.4 Å². The molecule has 0 amide bonds. The van der Waals surface area contributed by atoms with E-state index in [9.17, 15) is 5.11 Å². The van der Waals surface area contributed by atoms with E-state index in [1.165, 1.54) is 16.8 Å². The van der Waals surface area contributed by atoms with Crippen LogP contribution in [-0.2, 0) is 0 Å². The van der Waals surface area contributed by atoms with Crippen LogP contribution in [0.4, 0.5) is 0 Å². The fourth-order valence-corrected chi connectivity index (χ4v) is 3.19. The fourth-order valence-electron chi connectivity index (χ4n) is 3.19. The normalized spacial score (nSPS) is 29.6. The smallest absolute Gasteiger partial charge is 0.0956 e. The lowest BCUT2D eigenvalue weighted by Gasteiger charge is -2.38. The molecule has 3 atom stereocenters. The van der Waals surface area contributed by atoms with Crippen molar-refractivity contribution in [1.29, 1.82) is 0 Å². The predicted octanol–water partition coefficient (Wildman–Crippen LogP) is 2.22. The molecule has 0 radical (unpaired) electrons. The molecular formula is C14H14N2O. The third-order valence-corrected chi connectivity index (χ3v) is 4.22. The number of aliphatic hydroxyl groups is 1. The zero-order chi connectivity index (χ0) is 11.4. The van der Waals surface area contributed by atoms with Gasteiger partial charge in [-0.2, -0.15) is 0 Å². The van der Waals surface area contributed by atoms with Gasteiger partial charge in [0.2, 0.25) is 0 Å². The molecule has 3 nitrogen and oxygen atoms in total. The van der Waals surface area contributed by atoms with Crippen LogP contribution < -0.4 is 0 Å². The van der Waals surface area contributed by atoms with E-state index in [1.807, 2.05) is 12.5 Å². The van der Waals surface area contributed by atoms with Gasteiger partial charge in [-0.25, -0.2) is 4.98 Å². The summed E-state index contributed by atoms with van der Waals surface area (Å²) in [6, 6.07) is 8.76. The zero-order valence-electron chi connectivity index (χ0n) is 9.45. The van der Waals surface area contributed by atoms with Gasteiger partial charge in [0.15, 0.2) is 0 Å². The average Bonchev–Trinajstić information content (AvgIpc) is 2.91. The van der Waals surface area contributed by atoms with Crippen molar-refractivity contribution in [3.63, 3.8) is 0 Å². The minimum Gasteiger partial charge on any atom is -0.393 e. The average molecular weight is 226 g/mol. The molecule has 0 spiro atoms. The minimum atomic E-state index is -0.151. The molecule has 1 saturated carbocycles. The molecule has 2 aliphatic rings. The van der Waals surface area contributed by atoms with Crippen LogP contribution in [0.1, 0.15) is 24.4 Å². The highest BCUT2D eigenvalue weighted by molar-refractivity contribution is 5.69. The predicted molar refractivity (Wildman–Crippen MR) is 64.5 cm³/mol. The van der Waals surface area contributed by atoms with Crippen molar-refractivity contribution in [2.75, 3.05) is 0 Å². The topological polar surface area (TPSA) is 38.1 Å². The maximum Gasteiger partial charge on any atom is 0.0956 e. The van der Waals surface area contributed by atoms with Gasteiger partial charge in [0.05, 0.1) is 30.4 Å². The maximum atomic E-state index is 9.92. The molecular weight excluding hydrogens is 212 g/mol. The summed E-state index contributed by atoms with van der Waals surface area (Å²) in [6.45, 7) is 0. The molecule has 1 fully saturated rings. The molecule has 86 valence electrons. The molecule has 1 N–H and O–H groups in total. The van der Waals surface area contributed by atoms with Gasteiger partial charge >= 0.3 is 0 Å². The lowest BCUT2D eigenvalue weighted by Crippen LogP contribution is -2.37. The van der Waals surface area contributed by atoms with Crippen molar-refractivity contribution in [1.82, 2.24) is 9.55 Å². The number of nitrogens with zero attached hydrogens (tertiary/aromatic N) is 2. The van der Waals surface area contributed by atoms with Crippen molar-refractivity contribution in [3.05, 3.63) is 42.4 Å². The van der Waals surface area contributed by atoms with Crippen LogP contribution in [-0.4, -0.2) is 20.8 Å². The lowest BCUT2D eigenvalue weighted by atomic mass is 9.74. The van der Waals surface area contributed by atoms with E-state index in [4.69, 9.17) is 0 Å². The van der Waals surface area contributed by atoms with E-state index < -0.39 is 0 Å². The van der Waals surface area contributed by atoms with Gasteiger partial charge in [-0.1, -0.05) is 24.3 Å². The number of aromatic nitrogens is 2. The SMILES string of the molecule is O[C@H]1CC[C@@H]1[C@@H]1c2ccccc2-c2cncn21. The minimum absolute atomic E-state index is 0.151. The van der Waals surface area contributed by atoms with Crippen molar-refractivity contribution < 1.29 is 5.11 Å². The van der Waals surface area contributed by atoms with Crippen LogP contribution >= 0.6 is 0 Å². The summed E-state index contributed by atoms with van der Waals surface area (Å²) in [6.07, 6.45) is 5.71. The summed E-state index contributed by atoms with van der Waals surface area (Å²) in [4.78, 5) is 4.24. The molecule has 17 heavy (non-hydrogen) atoms. The first-order valence-electron chi connectivity index (χ1n) is 6.15. The Hall–Kier alpha value is -1.61. The first kappa shape index (κ1) is 9.42. The zero-order valence-corrected chi connectivity index (χ0v) is 9.45. The monoisotopic (exact) mass is 226 g/mol. The van der Waals surface area contributed by atoms with Crippen LogP contribution in [0, 0.1) is 5.92 Å². The highest BCUT2D eigenvalue weighted by atomic mass is 16.3. The highest BCUT2D eigenvalue weighted by Crippen LogP contribution is 2.48. The van der Waals surface area contributed by atoms with E-state index in [1.54, 1.807) is 0 Å². The van der Waals surface area contributed by atoms with Crippen LogP contribution in [0.15, 0.2) is 36.8 Å². The third kappa shape index (κ3) is 1.12. The van der Waals surface area contributed by atoms with E-state index >= 15 is 0 Å². The number of hydrogen-bond acceptors (Lipinski definition) is 2. The number of aliphatic hydroxyl groups excluding tert-OH is 1. The molecule has 2 aromatic rings. The quantitative estimate of drug-likeness (QED) is 0.809. The van der Waals surface area contributed by atoms with E-state index in [2.05, 4.69) is 33.8 Å². The molecule has 0 saturated heterocycles. The van der Waals surface area contributed by atoms with Gasteiger partial charge < -0.3 is 9.67 Å². The molecule has 2 heterocycles. The second kappa shape index (κ2) is 3.20. The third-order valence-electron chi connectivity index (χ3n) is 4.22. The number of hydrogen-bond donors (Lipinski definition) is 1. The summed E-state index contributed by atoms with van der Waals surface area (Å²) in [5.41, 5.74) is 3.80. The summed E-state index contributed by atoms with van der Waals surface area (Å²) in [5, 5.41) is 9.92. The molecule has 0 bridgehead atoms. The molecule has 1 aromatic heterocycles. The second-order valence-electron chi connectivity index (χ2n) is 5.03. The summed E-state index contributed by atoms with van der Waals surface area (Å²) < 4.78 is 2.22. The van der Waals surface area contributed by atoms with Gasteiger partial charge in [0, 0.05) is 11.5 Å². The lowest BCUT2D eigenvalue weighted by molar-refractivity contribution is 0.00415. The van der Waals surface area contributed by atoms with Gasteiger partial charge in [-0.15, -0.1) is 0 Å². The second-order valence-corrected chi connectivity index (χ2v) is 5.03. The molecule has 0 unspecified atom stereocenters. The highest BCUT2D eigenvalue weighted by Gasteiger charge is 2.41. The Morgan fingerprint density at radius 1 is 1.24 bits per heavy atom. The van der Waals surface area contributed by atoms with E-state index in [0.717, 1.165) is 12.8 Å². The van der Waals surface area contributed by atoms with Crippen LogP contribution in [0.5, 0.6) is 0 Å². The Balaban J connectivity index is 1.90. The molecule has 1 aromatic carbocycles. The van der Waals surface area contributed by atoms with Gasteiger partial charge in [0.25, 0.3) is 0 Å². The van der Waals surface area contributed by atoms with Crippen LogP contribution in [0.25, 0.3) is 11.3 Å².